The first kappa shape index (κ1) is 13.4. The SMILES string of the molecule is CC(C)(C)N1CCNc2ccccc2CS1(=O)=O. The predicted molar refractivity (Wildman–Crippen MR) is 74.0 cm³/mol. The van der Waals surface area contributed by atoms with Crippen LogP contribution in [0.3, 0.4) is 0 Å². The molecule has 0 amide bonds. The molecule has 1 heterocycles. The van der Waals surface area contributed by atoms with Crippen LogP contribution in [0.1, 0.15) is 26.3 Å². The highest BCUT2D eigenvalue weighted by molar-refractivity contribution is 7.88. The molecule has 1 aliphatic heterocycles. The van der Waals surface area contributed by atoms with Crippen molar-refractivity contribution in [1.82, 2.24) is 4.31 Å². The van der Waals surface area contributed by atoms with Gasteiger partial charge in [0.1, 0.15) is 0 Å². The van der Waals surface area contributed by atoms with E-state index in [0.717, 1.165) is 11.3 Å². The maximum atomic E-state index is 12.5. The maximum Gasteiger partial charge on any atom is 0.218 e. The van der Waals surface area contributed by atoms with Gasteiger partial charge in [0.25, 0.3) is 0 Å². The van der Waals surface area contributed by atoms with E-state index < -0.39 is 10.0 Å². The molecule has 0 fully saturated rings. The molecule has 0 unspecified atom stereocenters. The minimum absolute atomic E-state index is 0.0629. The lowest BCUT2D eigenvalue weighted by Crippen LogP contribution is -2.48. The van der Waals surface area contributed by atoms with Gasteiger partial charge in [-0.1, -0.05) is 18.2 Å². The number of hydrogen-bond acceptors (Lipinski definition) is 3. The molecule has 0 spiro atoms. The van der Waals surface area contributed by atoms with E-state index in [1.165, 1.54) is 0 Å². The van der Waals surface area contributed by atoms with E-state index in [-0.39, 0.29) is 11.3 Å². The summed E-state index contributed by atoms with van der Waals surface area (Å²) in [6, 6.07) is 7.59. The zero-order valence-corrected chi connectivity index (χ0v) is 11.9. The normalized spacial score (nSPS) is 20.4. The second-order valence-electron chi connectivity index (χ2n) is 5.58. The van der Waals surface area contributed by atoms with Gasteiger partial charge in [-0.2, -0.15) is 4.31 Å². The topological polar surface area (TPSA) is 49.4 Å². The van der Waals surface area contributed by atoms with Gasteiger partial charge in [-0.05, 0) is 32.4 Å². The van der Waals surface area contributed by atoms with Gasteiger partial charge in [0.05, 0.1) is 5.75 Å². The first-order valence-electron chi connectivity index (χ1n) is 6.13. The van der Waals surface area contributed by atoms with E-state index in [2.05, 4.69) is 5.32 Å². The highest BCUT2D eigenvalue weighted by atomic mass is 32.2. The summed E-state index contributed by atoms with van der Waals surface area (Å²) < 4.78 is 26.5. The number of nitrogens with zero attached hydrogens (tertiary/aromatic N) is 1. The first-order valence-corrected chi connectivity index (χ1v) is 7.74. The molecule has 0 saturated carbocycles. The standard InChI is InChI=1S/C13H20N2O2S/c1-13(2,3)15-9-8-14-12-7-5-4-6-11(12)10-18(15,16)17/h4-7,14H,8-10H2,1-3H3. The number of nitrogens with one attached hydrogen (secondary N) is 1. The molecule has 100 valence electrons. The molecular formula is C13H20N2O2S. The van der Waals surface area contributed by atoms with Gasteiger partial charge >= 0.3 is 0 Å². The molecule has 0 atom stereocenters. The lowest BCUT2D eigenvalue weighted by molar-refractivity contribution is 0.256. The fourth-order valence-corrected chi connectivity index (χ4v) is 4.28. The summed E-state index contributed by atoms with van der Waals surface area (Å²) in [6.45, 7) is 6.92. The molecule has 18 heavy (non-hydrogen) atoms. The van der Waals surface area contributed by atoms with Crippen molar-refractivity contribution in [2.24, 2.45) is 0 Å². The lowest BCUT2D eigenvalue weighted by Gasteiger charge is -2.36. The summed E-state index contributed by atoms with van der Waals surface area (Å²) in [5, 5.41) is 3.30. The summed E-state index contributed by atoms with van der Waals surface area (Å²) >= 11 is 0. The molecule has 0 bridgehead atoms. The Hall–Kier alpha value is -1.07. The Labute approximate surface area is 109 Å². The van der Waals surface area contributed by atoms with Gasteiger partial charge in [-0.3, -0.25) is 0 Å². The number of rotatable bonds is 0. The van der Waals surface area contributed by atoms with Crippen molar-refractivity contribution in [3.8, 4) is 0 Å². The smallest absolute Gasteiger partial charge is 0.218 e. The third-order valence-electron chi connectivity index (χ3n) is 3.07. The third kappa shape index (κ3) is 2.67. The molecule has 1 N–H and O–H groups in total. The molecule has 0 aromatic heterocycles. The summed E-state index contributed by atoms with van der Waals surface area (Å²) in [7, 11) is -3.26. The quantitative estimate of drug-likeness (QED) is 0.783. The number of sulfonamides is 1. The molecule has 0 saturated heterocycles. The van der Waals surface area contributed by atoms with Crippen molar-refractivity contribution in [3.63, 3.8) is 0 Å². The van der Waals surface area contributed by atoms with E-state index in [1.807, 2.05) is 45.0 Å². The molecule has 0 radical (unpaired) electrons. The predicted octanol–water partition coefficient (Wildman–Crippen LogP) is 2.04. The van der Waals surface area contributed by atoms with Crippen LogP contribution in [-0.2, 0) is 15.8 Å². The van der Waals surface area contributed by atoms with Crippen LogP contribution in [0.5, 0.6) is 0 Å². The Kier molecular flexibility index (Phi) is 3.38. The van der Waals surface area contributed by atoms with Gasteiger partial charge in [-0.15, -0.1) is 0 Å². The second-order valence-corrected chi connectivity index (χ2v) is 7.48. The molecule has 1 aromatic carbocycles. The van der Waals surface area contributed by atoms with Crippen molar-refractivity contribution in [2.75, 3.05) is 18.4 Å². The van der Waals surface area contributed by atoms with Crippen LogP contribution in [0.2, 0.25) is 0 Å². The van der Waals surface area contributed by atoms with Crippen LogP contribution in [0.25, 0.3) is 0 Å². The van der Waals surface area contributed by atoms with Crippen LogP contribution in [0, 0.1) is 0 Å². The number of para-hydroxylation sites is 1. The largest absolute Gasteiger partial charge is 0.383 e. The summed E-state index contributed by atoms with van der Waals surface area (Å²) in [6.07, 6.45) is 0. The van der Waals surface area contributed by atoms with Crippen molar-refractivity contribution < 1.29 is 8.42 Å². The highest BCUT2D eigenvalue weighted by Crippen LogP contribution is 2.26. The van der Waals surface area contributed by atoms with E-state index in [0.29, 0.717) is 13.1 Å². The van der Waals surface area contributed by atoms with Gasteiger partial charge in [0, 0.05) is 24.3 Å². The zero-order valence-electron chi connectivity index (χ0n) is 11.1. The maximum absolute atomic E-state index is 12.5. The molecule has 2 rings (SSSR count). The molecule has 1 aliphatic rings. The van der Waals surface area contributed by atoms with E-state index in [9.17, 15) is 8.42 Å². The number of benzene rings is 1. The van der Waals surface area contributed by atoms with Crippen molar-refractivity contribution in [3.05, 3.63) is 29.8 Å². The van der Waals surface area contributed by atoms with E-state index >= 15 is 0 Å². The monoisotopic (exact) mass is 268 g/mol. The van der Waals surface area contributed by atoms with Gasteiger partial charge < -0.3 is 5.32 Å². The third-order valence-corrected chi connectivity index (χ3v) is 5.15. The van der Waals surface area contributed by atoms with Crippen LogP contribution in [-0.4, -0.2) is 31.4 Å². The molecule has 1 aromatic rings. The summed E-state index contributed by atoms with van der Waals surface area (Å²) in [4.78, 5) is 0. The average Bonchev–Trinajstić information content (AvgIpc) is 2.21. The van der Waals surface area contributed by atoms with Crippen molar-refractivity contribution >= 4 is 15.7 Å². The first-order chi connectivity index (χ1) is 8.31. The van der Waals surface area contributed by atoms with Crippen LogP contribution >= 0.6 is 0 Å². The Bertz CT molecular complexity index is 532. The zero-order chi connectivity index (χ0) is 13.4. The van der Waals surface area contributed by atoms with Gasteiger partial charge in [0.15, 0.2) is 0 Å². The van der Waals surface area contributed by atoms with Gasteiger partial charge in [-0.25, -0.2) is 8.42 Å². The van der Waals surface area contributed by atoms with Crippen LogP contribution < -0.4 is 5.32 Å². The number of hydrogen-bond donors (Lipinski definition) is 1. The Morgan fingerprint density at radius 1 is 1.22 bits per heavy atom. The number of anilines is 1. The van der Waals surface area contributed by atoms with E-state index in [4.69, 9.17) is 0 Å². The minimum atomic E-state index is -3.26. The molecule has 4 nitrogen and oxygen atoms in total. The highest BCUT2D eigenvalue weighted by Gasteiger charge is 2.33. The van der Waals surface area contributed by atoms with Gasteiger partial charge in [0.2, 0.25) is 10.0 Å². The van der Waals surface area contributed by atoms with Crippen LogP contribution in [0.15, 0.2) is 24.3 Å². The fourth-order valence-electron chi connectivity index (χ4n) is 2.28. The summed E-state index contributed by atoms with van der Waals surface area (Å²) in [5.41, 5.74) is 1.38. The Balaban J connectivity index is 2.41. The number of fused-ring (bicyclic) bond motifs is 1. The molecule has 0 aliphatic carbocycles. The van der Waals surface area contributed by atoms with E-state index in [1.54, 1.807) is 4.31 Å². The average molecular weight is 268 g/mol. The molecular weight excluding hydrogens is 248 g/mol. The fraction of sp³-hybridized carbons (Fsp3) is 0.538. The second kappa shape index (κ2) is 4.55. The lowest BCUT2D eigenvalue weighted by atomic mass is 10.1. The minimum Gasteiger partial charge on any atom is -0.383 e. The summed E-state index contributed by atoms with van der Waals surface area (Å²) in [5.74, 6) is 0.0629. The van der Waals surface area contributed by atoms with Crippen LogP contribution in [0.4, 0.5) is 5.69 Å². The van der Waals surface area contributed by atoms with Crippen molar-refractivity contribution in [1.29, 1.82) is 0 Å². The van der Waals surface area contributed by atoms with Crippen molar-refractivity contribution in [2.45, 2.75) is 32.1 Å². The Morgan fingerprint density at radius 3 is 2.56 bits per heavy atom. The molecule has 5 heteroatoms. The Morgan fingerprint density at radius 2 is 1.89 bits per heavy atom.